The predicted octanol–water partition coefficient (Wildman–Crippen LogP) is 3.95. The fourth-order valence-electron chi connectivity index (χ4n) is 3.91. The number of Topliss-reactive ketones (excluding diaryl/α,β-unsaturated/α-hetero) is 1. The third-order valence-corrected chi connectivity index (χ3v) is 8.51. The molecule has 0 atom stereocenters. The molecule has 1 aromatic heterocycles. The average Bonchev–Trinajstić information content (AvgIpc) is 3.28. The third-order valence-electron chi connectivity index (χ3n) is 5.50. The van der Waals surface area contributed by atoms with Crippen molar-refractivity contribution in [2.75, 3.05) is 24.5 Å². The fourth-order valence-corrected chi connectivity index (χ4v) is 6.36. The fraction of sp³-hybridized carbons (Fsp3) is 0.455. The average molecular weight is 449 g/mol. The van der Waals surface area contributed by atoms with Crippen molar-refractivity contribution >= 4 is 38.7 Å². The Morgan fingerprint density at radius 3 is 2.40 bits per heavy atom. The van der Waals surface area contributed by atoms with Gasteiger partial charge in [0.1, 0.15) is 0 Å². The van der Waals surface area contributed by atoms with Crippen LogP contribution in [-0.2, 0) is 21.2 Å². The van der Waals surface area contributed by atoms with E-state index in [0.29, 0.717) is 31.6 Å². The van der Waals surface area contributed by atoms with Crippen LogP contribution < -0.4 is 4.90 Å². The van der Waals surface area contributed by atoms with Gasteiger partial charge in [-0.15, -0.1) is 11.3 Å². The molecule has 0 aliphatic carbocycles. The van der Waals surface area contributed by atoms with Crippen molar-refractivity contribution in [3.63, 3.8) is 0 Å². The molecule has 1 amide bonds. The monoisotopic (exact) mass is 448 g/mol. The first-order valence-electron chi connectivity index (χ1n) is 10.2. The molecule has 0 saturated carbocycles. The molecule has 6 nitrogen and oxygen atoms in total. The Morgan fingerprint density at radius 1 is 1.10 bits per heavy atom. The molecule has 1 aliphatic rings. The van der Waals surface area contributed by atoms with Gasteiger partial charge in [-0.3, -0.25) is 9.59 Å². The molecule has 162 valence electrons. The van der Waals surface area contributed by atoms with E-state index in [-0.39, 0.29) is 29.4 Å². The molecule has 8 heteroatoms. The molecular formula is C22H28N2O4S2. The smallest absolute Gasteiger partial charge is 0.243 e. The zero-order valence-electron chi connectivity index (χ0n) is 17.9. The Bertz CT molecular complexity index is 1070. The van der Waals surface area contributed by atoms with Gasteiger partial charge in [0.15, 0.2) is 5.78 Å². The maximum absolute atomic E-state index is 12.8. The minimum atomic E-state index is -3.53. The van der Waals surface area contributed by atoms with E-state index >= 15 is 0 Å². The molecule has 0 saturated heterocycles. The number of ketones is 1. The molecule has 1 aliphatic heterocycles. The van der Waals surface area contributed by atoms with Crippen LogP contribution in [0.2, 0.25) is 0 Å². The van der Waals surface area contributed by atoms with Crippen molar-refractivity contribution in [2.45, 2.75) is 51.9 Å². The predicted molar refractivity (Wildman–Crippen MR) is 120 cm³/mol. The van der Waals surface area contributed by atoms with Crippen LogP contribution >= 0.6 is 11.3 Å². The molecule has 2 heterocycles. The lowest BCUT2D eigenvalue weighted by Gasteiger charge is -2.20. The van der Waals surface area contributed by atoms with Gasteiger partial charge in [0.2, 0.25) is 15.9 Å². The summed E-state index contributed by atoms with van der Waals surface area (Å²) in [6.07, 6.45) is 0.932. The summed E-state index contributed by atoms with van der Waals surface area (Å²) in [6, 6.07) is 6.85. The van der Waals surface area contributed by atoms with Gasteiger partial charge in [0.05, 0.1) is 4.90 Å². The van der Waals surface area contributed by atoms with Gasteiger partial charge in [0.25, 0.3) is 0 Å². The van der Waals surface area contributed by atoms with Gasteiger partial charge >= 0.3 is 0 Å². The number of nitrogens with zero attached hydrogens (tertiary/aromatic N) is 2. The summed E-state index contributed by atoms with van der Waals surface area (Å²) >= 11 is 1.59. The maximum atomic E-state index is 12.8. The van der Waals surface area contributed by atoms with Crippen molar-refractivity contribution < 1.29 is 18.0 Å². The number of amides is 1. The summed E-state index contributed by atoms with van der Waals surface area (Å²) in [6.45, 7) is 8.86. The Labute approximate surface area is 182 Å². The zero-order chi connectivity index (χ0) is 22.1. The number of rotatable bonds is 8. The second kappa shape index (κ2) is 8.99. The molecule has 0 spiro atoms. The number of aryl methyl sites for hydroxylation is 2. The lowest BCUT2D eigenvalue weighted by atomic mass is 10.1. The number of carbonyl (C=O) groups excluding carboxylic acids is 2. The number of thiophene rings is 1. The SMILES string of the molecule is CCN(CC)S(=O)(=O)c1ccc2c(c1)CCN2C(=O)CCC(=O)c1cc(C)sc1C. The van der Waals surface area contributed by atoms with Crippen molar-refractivity contribution in [1.29, 1.82) is 0 Å². The summed E-state index contributed by atoms with van der Waals surface area (Å²) in [5.41, 5.74) is 2.30. The summed E-state index contributed by atoms with van der Waals surface area (Å²) in [4.78, 5) is 29.3. The Morgan fingerprint density at radius 2 is 1.80 bits per heavy atom. The van der Waals surface area contributed by atoms with Gasteiger partial charge in [0, 0.05) is 53.5 Å². The molecule has 0 bridgehead atoms. The summed E-state index contributed by atoms with van der Waals surface area (Å²) in [7, 11) is -3.53. The van der Waals surface area contributed by atoms with Crippen molar-refractivity contribution in [2.24, 2.45) is 0 Å². The van der Waals surface area contributed by atoms with Crippen LogP contribution in [0, 0.1) is 13.8 Å². The maximum Gasteiger partial charge on any atom is 0.243 e. The number of benzene rings is 1. The molecule has 3 rings (SSSR count). The molecule has 0 fully saturated rings. The molecule has 1 aromatic carbocycles. The quantitative estimate of drug-likeness (QED) is 0.573. The first-order valence-corrected chi connectivity index (χ1v) is 12.5. The van der Waals surface area contributed by atoms with E-state index in [1.165, 1.54) is 4.31 Å². The van der Waals surface area contributed by atoms with E-state index in [2.05, 4.69) is 0 Å². The lowest BCUT2D eigenvalue weighted by molar-refractivity contribution is -0.118. The number of hydrogen-bond acceptors (Lipinski definition) is 5. The van der Waals surface area contributed by atoms with Crippen LogP contribution in [0.15, 0.2) is 29.2 Å². The van der Waals surface area contributed by atoms with Crippen LogP contribution in [-0.4, -0.2) is 44.0 Å². The molecule has 2 aromatic rings. The van der Waals surface area contributed by atoms with E-state index in [0.717, 1.165) is 21.0 Å². The second-order valence-corrected chi connectivity index (χ2v) is 10.8. The van der Waals surface area contributed by atoms with Gasteiger partial charge in [-0.1, -0.05) is 13.8 Å². The van der Waals surface area contributed by atoms with Crippen LogP contribution in [0.1, 0.15) is 52.4 Å². The van der Waals surface area contributed by atoms with Crippen LogP contribution in [0.3, 0.4) is 0 Å². The molecule has 0 N–H and O–H groups in total. The Hall–Kier alpha value is -2.03. The van der Waals surface area contributed by atoms with E-state index in [1.807, 2.05) is 33.8 Å². The Balaban J connectivity index is 1.71. The molecular weight excluding hydrogens is 420 g/mol. The largest absolute Gasteiger partial charge is 0.312 e. The molecule has 30 heavy (non-hydrogen) atoms. The first kappa shape index (κ1) is 22.7. The summed E-state index contributed by atoms with van der Waals surface area (Å²) in [5.74, 6) is -0.115. The van der Waals surface area contributed by atoms with E-state index in [1.54, 1.807) is 34.4 Å². The van der Waals surface area contributed by atoms with Crippen molar-refractivity contribution in [3.05, 3.63) is 45.1 Å². The number of carbonyl (C=O) groups is 2. The molecule has 0 radical (unpaired) electrons. The zero-order valence-corrected chi connectivity index (χ0v) is 19.5. The highest BCUT2D eigenvalue weighted by molar-refractivity contribution is 7.89. The Kier molecular flexibility index (Phi) is 6.79. The van der Waals surface area contributed by atoms with Crippen molar-refractivity contribution in [1.82, 2.24) is 4.31 Å². The minimum Gasteiger partial charge on any atom is -0.312 e. The van der Waals surface area contributed by atoms with Gasteiger partial charge in [-0.2, -0.15) is 4.31 Å². The van der Waals surface area contributed by atoms with Gasteiger partial charge in [-0.05, 0) is 50.1 Å². The number of fused-ring (bicyclic) bond motifs is 1. The lowest BCUT2D eigenvalue weighted by Crippen LogP contribution is -2.31. The van der Waals surface area contributed by atoms with Crippen LogP contribution in [0.25, 0.3) is 0 Å². The highest BCUT2D eigenvalue weighted by Crippen LogP contribution is 2.32. The normalized spacial score (nSPS) is 13.7. The summed E-state index contributed by atoms with van der Waals surface area (Å²) in [5, 5.41) is 0. The van der Waals surface area contributed by atoms with Gasteiger partial charge < -0.3 is 4.90 Å². The van der Waals surface area contributed by atoms with E-state index in [4.69, 9.17) is 0 Å². The summed E-state index contributed by atoms with van der Waals surface area (Å²) < 4.78 is 26.9. The highest BCUT2D eigenvalue weighted by Gasteiger charge is 2.28. The number of hydrogen-bond donors (Lipinski definition) is 0. The minimum absolute atomic E-state index is 0.00900. The topological polar surface area (TPSA) is 74.8 Å². The first-order chi connectivity index (χ1) is 14.2. The molecule has 0 unspecified atom stereocenters. The van der Waals surface area contributed by atoms with E-state index in [9.17, 15) is 18.0 Å². The van der Waals surface area contributed by atoms with Crippen molar-refractivity contribution in [3.8, 4) is 0 Å². The third kappa shape index (κ3) is 4.36. The van der Waals surface area contributed by atoms with Crippen LogP contribution in [0.5, 0.6) is 0 Å². The highest BCUT2D eigenvalue weighted by atomic mass is 32.2. The van der Waals surface area contributed by atoms with Gasteiger partial charge in [-0.25, -0.2) is 8.42 Å². The van der Waals surface area contributed by atoms with E-state index < -0.39 is 10.0 Å². The number of anilines is 1. The second-order valence-electron chi connectivity index (χ2n) is 7.43. The standard InChI is InChI=1S/C22H28N2O4S2/c1-5-23(6-2)30(27,28)18-7-8-20-17(14-18)11-12-24(20)22(26)10-9-21(25)19-13-15(3)29-16(19)4/h7-8,13-14H,5-6,9-12H2,1-4H3. The number of sulfonamides is 1. The van der Waals surface area contributed by atoms with Crippen LogP contribution in [0.4, 0.5) is 5.69 Å².